The molecule has 0 bridgehead atoms. The van der Waals surface area contributed by atoms with Gasteiger partial charge in [0.1, 0.15) is 11.4 Å². The van der Waals surface area contributed by atoms with E-state index in [0.717, 1.165) is 5.56 Å². The number of esters is 1. The normalized spacial score (nSPS) is 12.0. The summed E-state index contributed by atoms with van der Waals surface area (Å²) in [7, 11) is 1.56. The molecule has 0 radical (unpaired) electrons. The molecule has 0 amide bonds. The van der Waals surface area contributed by atoms with E-state index in [1.807, 2.05) is 6.92 Å². The van der Waals surface area contributed by atoms with Crippen LogP contribution >= 0.6 is 0 Å². The van der Waals surface area contributed by atoms with Crippen molar-refractivity contribution in [1.82, 2.24) is 4.98 Å². The standard InChI is InChI=1S/C13H17NO4/c1-5-18-13(16)12-7-10(9(3)17-4)6-11(14-12)8(2)15/h6-7,9H,5H2,1-4H3. The Morgan fingerprint density at radius 2 is 1.94 bits per heavy atom. The maximum absolute atomic E-state index is 11.6. The van der Waals surface area contributed by atoms with Crippen LogP contribution in [-0.4, -0.2) is 30.5 Å². The van der Waals surface area contributed by atoms with Crippen molar-refractivity contribution in [2.45, 2.75) is 26.9 Å². The van der Waals surface area contributed by atoms with Gasteiger partial charge in [0.2, 0.25) is 0 Å². The lowest BCUT2D eigenvalue weighted by atomic mass is 10.1. The average Bonchev–Trinajstić information content (AvgIpc) is 2.37. The van der Waals surface area contributed by atoms with Crippen LogP contribution in [0.5, 0.6) is 0 Å². The Morgan fingerprint density at radius 1 is 1.33 bits per heavy atom. The molecule has 0 saturated heterocycles. The smallest absolute Gasteiger partial charge is 0.356 e. The van der Waals surface area contributed by atoms with Crippen LogP contribution in [0.3, 0.4) is 0 Å². The SMILES string of the molecule is CCOC(=O)c1cc(C(C)OC)cc(C(C)=O)n1. The minimum absolute atomic E-state index is 0.128. The van der Waals surface area contributed by atoms with Crippen molar-refractivity contribution < 1.29 is 19.1 Å². The fourth-order valence-electron chi connectivity index (χ4n) is 1.41. The summed E-state index contributed by atoms with van der Waals surface area (Å²) in [5.74, 6) is -0.740. The number of ether oxygens (including phenoxy) is 2. The quantitative estimate of drug-likeness (QED) is 0.592. The largest absolute Gasteiger partial charge is 0.461 e. The van der Waals surface area contributed by atoms with Gasteiger partial charge in [0.05, 0.1) is 12.7 Å². The minimum atomic E-state index is -0.537. The minimum Gasteiger partial charge on any atom is -0.461 e. The van der Waals surface area contributed by atoms with Gasteiger partial charge in [-0.3, -0.25) is 4.79 Å². The first kappa shape index (κ1) is 14.3. The molecule has 1 heterocycles. The van der Waals surface area contributed by atoms with Gasteiger partial charge in [0.25, 0.3) is 0 Å². The molecule has 0 spiro atoms. The van der Waals surface area contributed by atoms with Crippen molar-refractivity contribution in [2.24, 2.45) is 0 Å². The Labute approximate surface area is 106 Å². The molecule has 5 nitrogen and oxygen atoms in total. The van der Waals surface area contributed by atoms with E-state index in [4.69, 9.17) is 9.47 Å². The van der Waals surface area contributed by atoms with E-state index in [1.54, 1.807) is 26.2 Å². The van der Waals surface area contributed by atoms with Crippen molar-refractivity contribution in [3.05, 3.63) is 29.1 Å². The number of pyridine rings is 1. The van der Waals surface area contributed by atoms with E-state index >= 15 is 0 Å². The number of aromatic nitrogens is 1. The van der Waals surface area contributed by atoms with E-state index < -0.39 is 5.97 Å². The van der Waals surface area contributed by atoms with Crippen LogP contribution in [0.15, 0.2) is 12.1 Å². The van der Waals surface area contributed by atoms with Gasteiger partial charge in [-0.25, -0.2) is 9.78 Å². The third-order valence-corrected chi connectivity index (χ3v) is 2.52. The Bertz CT molecular complexity index is 456. The van der Waals surface area contributed by atoms with Crippen LogP contribution in [0.25, 0.3) is 0 Å². The molecule has 0 aromatic carbocycles. The van der Waals surface area contributed by atoms with Gasteiger partial charge in [0.15, 0.2) is 5.78 Å². The molecule has 5 heteroatoms. The summed E-state index contributed by atoms with van der Waals surface area (Å²) in [6, 6.07) is 3.21. The third-order valence-electron chi connectivity index (χ3n) is 2.52. The Kier molecular flexibility index (Phi) is 4.97. The second-order valence-electron chi connectivity index (χ2n) is 3.83. The molecule has 18 heavy (non-hydrogen) atoms. The zero-order valence-electron chi connectivity index (χ0n) is 11.0. The number of ketones is 1. The van der Waals surface area contributed by atoms with Crippen molar-refractivity contribution >= 4 is 11.8 Å². The second-order valence-corrected chi connectivity index (χ2v) is 3.83. The molecule has 0 aliphatic heterocycles. The molecule has 1 aromatic rings. The first-order chi connectivity index (χ1) is 8.49. The van der Waals surface area contributed by atoms with Crippen LogP contribution in [0.1, 0.15) is 53.4 Å². The van der Waals surface area contributed by atoms with Crippen molar-refractivity contribution in [2.75, 3.05) is 13.7 Å². The topological polar surface area (TPSA) is 65.5 Å². The zero-order valence-corrected chi connectivity index (χ0v) is 11.0. The lowest BCUT2D eigenvalue weighted by Gasteiger charge is -2.12. The summed E-state index contributed by atoms with van der Waals surface area (Å²) < 4.78 is 10.1. The summed E-state index contributed by atoms with van der Waals surface area (Å²) in [5, 5.41) is 0. The molecular formula is C13H17NO4. The highest BCUT2D eigenvalue weighted by Crippen LogP contribution is 2.18. The number of carbonyl (C=O) groups excluding carboxylic acids is 2. The number of methoxy groups -OCH3 is 1. The molecule has 1 atom stereocenters. The lowest BCUT2D eigenvalue weighted by Crippen LogP contribution is -2.12. The zero-order chi connectivity index (χ0) is 13.7. The molecule has 1 unspecified atom stereocenters. The highest BCUT2D eigenvalue weighted by atomic mass is 16.5. The van der Waals surface area contributed by atoms with Crippen molar-refractivity contribution in [1.29, 1.82) is 0 Å². The number of rotatable bonds is 5. The molecule has 0 aliphatic rings. The maximum Gasteiger partial charge on any atom is 0.356 e. The van der Waals surface area contributed by atoms with E-state index in [-0.39, 0.29) is 29.9 Å². The van der Waals surface area contributed by atoms with Gasteiger partial charge in [-0.2, -0.15) is 0 Å². The highest BCUT2D eigenvalue weighted by molar-refractivity contribution is 5.94. The van der Waals surface area contributed by atoms with Crippen LogP contribution in [0.4, 0.5) is 0 Å². The summed E-state index contributed by atoms with van der Waals surface area (Å²) in [6.07, 6.45) is -0.223. The van der Waals surface area contributed by atoms with Crippen LogP contribution in [-0.2, 0) is 9.47 Å². The number of nitrogens with zero attached hydrogens (tertiary/aromatic N) is 1. The molecular weight excluding hydrogens is 234 g/mol. The molecule has 0 saturated carbocycles. The number of carbonyl (C=O) groups is 2. The van der Waals surface area contributed by atoms with E-state index in [0.29, 0.717) is 0 Å². The Hall–Kier alpha value is -1.75. The summed E-state index contributed by atoms with van der Waals surface area (Å²) in [6.45, 7) is 5.21. The first-order valence-corrected chi connectivity index (χ1v) is 5.72. The molecule has 1 rings (SSSR count). The van der Waals surface area contributed by atoms with Gasteiger partial charge in [-0.1, -0.05) is 0 Å². The lowest BCUT2D eigenvalue weighted by molar-refractivity contribution is 0.0518. The molecule has 0 N–H and O–H groups in total. The van der Waals surface area contributed by atoms with Gasteiger partial charge in [-0.15, -0.1) is 0 Å². The highest BCUT2D eigenvalue weighted by Gasteiger charge is 2.16. The summed E-state index contributed by atoms with van der Waals surface area (Å²) >= 11 is 0. The predicted molar refractivity (Wildman–Crippen MR) is 65.6 cm³/mol. The number of hydrogen-bond acceptors (Lipinski definition) is 5. The molecule has 1 aromatic heterocycles. The fraction of sp³-hybridized carbons (Fsp3) is 0.462. The maximum atomic E-state index is 11.6. The van der Waals surface area contributed by atoms with Gasteiger partial charge in [-0.05, 0) is 31.5 Å². The Morgan fingerprint density at radius 3 is 2.44 bits per heavy atom. The van der Waals surface area contributed by atoms with E-state index in [1.165, 1.54) is 6.92 Å². The summed E-state index contributed by atoms with van der Waals surface area (Å²) in [4.78, 5) is 27.0. The number of hydrogen-bond donors (Lipinski definition) is 0. The Balaban J connectivity index is 3.21. The molecule has 0 aliphatic carbocycles. The van der Waals surface area contributed by atoms with Crippen molar-refractivity contribution in [3.63, 3.8) is 0 Å². The van der Waals surface area contributed by atoms with Crippen LogP contribution in [0.2, 0.25) is 0 Å². The van der Waals surface area contributed by atoms with Gasteiger partial charge < -0.3 is 9.47 Å². The van der Waals surface area contributed by atoms with E-state index in [2.05, 4.69) is 4.98 Å². The van der Waals surface area contributed by atoms with Crippen LogP contribution < -0.4 is 0 Å². The van der Waals surface area contributed by atoms with E-state index in [9.17, 15) is 9.59 Å². The second kappa shape index (κ2) is 6.26. The average molecular weight is 251 g/mol. The van der Waals surface area contributed by atoms with Crippen LogP contribution in [0, 0.1) is 0 Å². The fourth-order valence-corrected chi connectivity index (χ4v) is 1.41. The van der Waals surface area contributed by atoms with Gasteiger partial charge >= 0.3 is 5.97 Å². The molecule has 0 fully saturated rings. The predicted octanol–water partition coefficient (Wildman–Crippen LogP) is 2.17. The summed E-state index contributed by atoms with van der Waals surface area (Å²) in [5.41, 5.74) is 1.09. The monoisotopic (exact) mass is 251 g/mol. The van der Waals surface area contributed by atoms with Crippen molar-refractivity contribution in [3.8, 4) is 0 Å². The first-order valence-electron chi connectivity index (χ1n) is 5.72. The third kappa shape index (κ3) is 3.37. The van der Waals surface area contributed by atoms with Gasteiger partial charge in [0, 0.05) is 14.0 Å². The number of Topliss-reactive ketones (excluding diaryl/α,β-unsaturated/α-hetero) is 1. The molecule has 98 valence electrons.